The first kappa shape index (κ1) is 19.7. The molecule has 30 heavy (non-hydrogen) atoms. The standard InChI is InChI=1S/C23H22N2O3S2/c24-14-15-2-1-3-18(12-15)30(28)25-20-7-6-17(22(26)27)13-19(20)23(8-10-29-11-9-23)21(25)16-4-5-16/h1-3,6-7,12-13,16,21H,4-5,8-11H2,(H,26,27). The van der Waals surface area contributed by atoms with E-state index in [2.05, 4.69) is 6.07 Å². The van der Waals surface area contributed by atoms with Crippen LogP contribution in [0.3, 0.4) is 0 Å². The number of carbonyl (C=O) groups is 1. The number of nitrogens with zero attached hydrogens (tertiary/aromatic N) is 2. The Morgan fingerprint density at radius 2 is 1.97 bits per heavy atom. The Morgan fingerprint density at radius 1 is 1.20 bits per heavy atom. The Morgan fingerprint density at radius 3 is 2.63 bits per heavy atom. The molecule has 154 valence electrons. The highest BCUT2D eigenvalue weighted by molar-refractivity contribution is 7.99. The van der Waals surface area contributed by atoms with Crippen molar-refractivity contribution < 1.29 is 14.1 Å². The van der Waals surface area contributed by atoms with Gasteiger partial charge in [0.15, 0.2) is 11.0 Å². The maximum atomic E-state index is 13.9. The van der Waals surface area contributed by atoms with E-state index in [1.807, 2.05) is 34.3 Å². The van der Waals surface area contributed by atoms with E-state index >= 15 is 0 Å². The van der Waals surface area contributed by atoms with E-state index in [0.29, 0.717) is 21.9 Å². The number of nitriles is 1. The van der Waals surface area contributed by atoms with E-state index in [0.717, 1.165) is 48.4 Å². The second-order valence-electron chi connectivity index (χ2n) is 8.30. The van der Waals surface area contributed by atoms with Crippen molar-refractivity contribution in [2.45, 2.75) is 42.0 Å². The van der Waals surface area contributed by atoms with Crippen molar-refractivity contribution in [1.82, 2.24) is 0 Å². The predicted octanol–water partition coefficient (Wildman–Crippen LogP) is 4.34. The topological polar surface area (TPSA) is 81.4 Å². The monoisotopic (exact) mass is 438 g/mol. The van der Waals surface area contributed by atoms with Crippen LogP contribution in [0.5, 0.6) is 0 Å². The van der Waals surface area contributed by atoms with Crippen LogP contribution in [0, 0.1) is 17.2 Å². The molecule has 5 nitrogen and oxygen atoms in total. The molecule has 0 amide bonds. The van der Waals surface area contributed by atoms with E-state index in [1.165, 1.54) is 0 Å². The first-order valence-corrected chi connectivity index (χ1v) is 12.5. The Balaban J connectivity index is 1.68. The van der Waals surface area contributed by atoms with Crippen LogP contribution < -0.4 is 4.31 Å². The third kappa shape index (κ3) is 3.05. The summed E-state index contributed by atoms with van der Waals surface area (Å²) >= 11 is 1.94. The maximum absolute atomic E-state index is 13.9. The molecule has 2 aliphatic heterocycles. The SMILES string of the molecule is N#Cc1cccc(S(=O)N2c3ccc(C(=O)O)cc3C3(CCSCC3)C2C2CC2)c1. The summed E-state index contributed by atoms with van der Waals surface area (Å²) in [5, 5.41) is 18.9. The van der Waals surface area contributed by atoms with Crippen molar-refractivity contribution in [3.8, 4) is 6.07 Å². The molecule has 1 aliphatic carbocycles. The molecule has 2 atom stereocenters. The fraction of sp³-hybridized carbons (Fsp3) is 0.391. The fourth-order valence-corrected chi connectivity index (χ4v) is 7.92. The molecule has 2 unspecified atom stereocenters. The summed E-state index contributed by atoms with van der Waals surface area (Å²) < 4.78 is 15.9. The van der Waals surface area contributed by atoms with Crippen molar-refractivity contribution >= 4 is 34.4 Å². The van der Waals surface area contributed by atoms with Crippen molar-refractivity contribution in [2.75, 3.05) is 15.8 Å². The zero-order valence-corrected chi connectivity index (χ0v) is 18.0. The van der Waals surface area contributed by atoms with E-state index in [9.17, 15) is 19.4 Å². The van der Waals surface area contributed by atoms with Gasteiger partial charge in [0, 0.05) is 5.41 Å². The molecule has 7 heteroatoms. The Labute approximate surface area is 182 Å². The Kier molecular flexibility index (Phi) is 4.87. The lowest BCUT2D eigenvalue weighted by atomic mass is 9.70. The van der Waals surface area contributed by atoms with Crippen molar-refractivity contribution in [3.05, 3.63) is 59.2 Å². The molecular formula is C23H22N2O3S2. The molecule has 0 bridgehead atoms. The number of aromatic carboxylic acids is 1. The predicted molar refractivity (Wildman–Crippen MR) is 118 cm³/mol. The third-order valence-corrected chi connectivity index (χ3v) is 9.06. The first-order chi connectivity index (χ1) is 14.5. The second-order valence-corrected chi connectivity index (χ2v) is 10.9. The summed E-state index contributed by atoms with van der Waals surface area (Å²) in [6.07, 6.45) is 4.18. The van der Waals surface area contributed by atoms with Crippen LogP contribution in [0.25, 0.3) is 0 Å². The van der Waals surface area contributed by atoms with Crippen LogP contribution in [0.1, 0.15) is 47.2 Å². The van der Waals surface area contributed by atoms with Crippen LogP contribution >= 0.6 is 11.8 Å². The summed E-state index contributed by atoms with van der Waals surface area (Å²) in [7, 11) is -1.46. The summed E-state index contributed by atoms with van der Waals surface area (Å²) in [6.45, 7) is 0. The largest absolute Gasteiger partial charge is 0.478 e. The zero-order chi connectivity index (χ0) is 20.9. The molecule has 5 rings (SSSR count). The number of hydrogen-bond donors (Lipinski definition) is 1. The minimum Gasteiger partial charge on any atom is -0.478 e. The van der Waals surface area contributed by atoms with Gasteiger partial charge in [0.25, 0.3) is 0 Å². The number of hydrogen-bond acceptors (Lipinski definition) is 4. The van der Waals surface area contributed by atoms with Crippen molar-refractivity contribution in [2.24, 2.45) is 5.92 Å². The molecule has 3 aliphatic rings. The van der Waals surface area contributed by atoms with Gasteiger partial charge in [-0.2, -0.15) is 17.0 Å². The van der Waals surface area contributed by atoms with Crippen LogP contribution in [0.2, 0.25) is 0 Å². The smallest absolute Gasteiger partial charge is 0.335 e. The van der Waals surface area contributed by atoms with Gasteiger partial charge in [0.05, 0.1) is 33.8 Å². The minimum absolute atomic E-state index is 0.101. The number of carboxylic acid groups (broad SMARTS) is 1. The van der Waals surface area contributed by atoms with Gasteiger partial charge in [0.1, 0.15) is 0 Å². The average molecular weight is 439 g/mol. The molecule has 0 radical (unpaired) electrons. The quantitative estimate of drug-likeness (QED) is 0.768. The van der Waals surface area contributed by atoms with Gasteiger partial charge in [-0.25, -0.2) is 9.00 Å². The summed E-state index contributed by atoms with van der Waals surface area (Å²) in [6, 6.07) is 14.5. The molecule has 0 aromatic heterocycles. The van der Waals surface area contributed by atoms with Crippen molar-refractivity contribution in [3.63, 3.8) is 0 Å². The van der Waals surface area contributed by atoms with Crippen LogP contribution in [0.15, 0.2) is 47.4 Å². The number of anilines is 1. The lowest BCUT2D eigenvalue weighted by Gasteiger charge is -2.41. The molecule has 1 saturated heterocycles. The highest BCUT2D eigenvalue weighted by Crippen LogP contribution is 2.59. The number of fused-ring (bicyclic) bond motifs is 2. The van der Waals surface area contributed by atoms with Crippen molar-refractivity contribution in [1.29, 1.82) is 5.26 Å². The Bertz CT molecular complexity index is 1080. The molecule has 2 aromatic carbocycles. The maximum Gasteiger partial charge on any atom is 0.335 e. The molecule has 1 saturated carbocycles. The Hall–Kier alpha value is -2.30. The molecule has 2 heterocycles. The molecule has 2 aromatic rings. The number of thioether (sulfide) groups is 1. The van der Waals surface area contributed by atoms with Crippen LogP contribution in [-0.2, 0) is 16.4 Å². The lowest BCUT2D eigenvalue weighted by Crippen LogP contribution is -2.49. The van der Waals surface area contributed by atoms with Crippen LogP contribution in [-0.4, -0.2) is 32.8 Å². The lowest BCUT2D eigenvalue weighted by molar-refractivity contribution is 0.0696. The average Bonchev–Trinajstić information content (AvgIpc) is 3.58. The van der Waals surface area contributed by atoms with Gasteiger partial charge in [0.2, 0.25) is 0 Å². The molecule has 1 spiro atoms. The van der Waals surface area contributed by atoms with Gasteiger partial charge in [-0.15, -0.1) is 0 Å². The van der Waals surface area contributed by atoms with E-state index in [4.69, 9.17) is 0 Å². The molecule has 2 fully saturated rings. The number of benzene rings is 2. The zero-order valence-electron chi connectivity index (χ0n) is 16.4. The van der Waals surface area contributed by atoms with Gasteiger partial charge >= 0.3 is 5.97 Å². The summed E-state index contributed by atoms with van der Waals surface area (Å²) in [5.41, 5.74) is 2.57. The van der Waals surface area contributed by atoms with Gasteiger partial charge in [-0.3, -0.25) is 4.31 Å². The fourth-order valence-electron chi connectivity index (χ4n) is 5.13. The van der Waals surface area contributed by atoms with Gasteiger partial charge in [-0.1, -0.05) is 6.07 Å². The second kappa shape index (κ2) is 7.44. The number of carboxylic acids is 1. The summed E-state index contributed by atoms with van der Waals surface area (Å²) in [4.78, 5) is 12.3. The normalized spacial score (nSPS) is 23.0. The number of rotatable bonds is 4. The van der Waals surface area contributed by atoms with E-state index < -0.39 is 17.0 Å². The van der Waals surface area contributed by atoms with E-state index in [1.54, 1.807) is 24.3 Å². The minimum atomic E-state index is -1.46. The van der Waals surface area contributed by atoms with E-state index in [-0.39, 0.29) is 11.5 Å². The van der Waals surface area contributed by atoms with Gasteiger partial charge in [-0.05, 0) is 85.1 Å². The van der Waals surface area contributed by atoms with Gasteiger partial charge < -0.3 is 5.11 Å². The van der Waals surface area contributed by atoms with Crippen LogP contribution in [0.4, 0.5) is 5.69 Å². The highest BCUT2D eigenvalue weighted by Gasteiger charge is 2.58. The third-order valence-electron chi connectivity index (χ3n) is 6.63. The first-order valence-electron chi connectivity index (χ1n) is 10.2. The summed E-state index contributed by atoms with van der Waals surface area (Å²) in [5.74, 6) is 1.61. The molecule has 1 N–H and O–H groups in total. The molecular weight excluding hydrogens is 416 g/mol. The highest BCUT2D eigenvalue weighted by atomic mass is 32.2.